The largest absolute Gasteiger partial charge is 0.492 e. The van der Waals surface area contributed by atoms with Crippen LogP contribution in [0.3, 0.4) is 0 Å². The first-order valence-electron chi connectivity index (χ1n) is 8.04. The van der Waals surface area contributed by atoms with Crippen LogP contribution in [0.25, 0.3) is 0 Å². The van der Waals surface area contributed by atoms with Crippen LogP contribution in [0, 0.1) is 0 Å². The first kappa shape index (κ1) is 18.7. The van der Waals surface area contributed by atoms with Crippen LogP contribution in [0.5, 0.6) is 5.75 Å². The zero-order chi connectivity index (χ0) is 17.2. The number of thioether (sulfide) groups is 1. The van der Waals surface area contributed by atoms with Crippen molar-refractivity contribution in [2.75, 3.05) is 12.4 Å². The van der Waals surface area contributed by atoms with E-state index in [9.17, 15) is 4.79 Å². The molecule has 0 aliphatic rings. The molecule has 0 aliphatic carbocycles. The van der Waals surface area contributed by atoms with Gasteiger partial charge < -0.3 is 9.84 Å². The van der Waals surface area contributed by atoms with E-state index in [1.807, 2.05) is 36.4 Å². The number of thiol groups is 1. The summed E-state index contributed by atoms with van der Waals surface area (Å²) in [5, 5.41) is 9.15. The van der Waals surface area contributed by atoms with Crippen LogP contribution in [0.1, 0.15) is 36.0 Å². The van der Waals surface area contributed by atoms with Crippen LogP contribution >= 0.6 is 24.4 Å². The molecule has 2 aromatic rings. The summed E-state index contributed by atoms with van der Waals surface area (Å²) in [5.74, 6) is 0.909. The number of carboxylic acids is 1. The summed E-state index contributed by atoms with van der Waals surface area (Å²) >= 11 is 5.97. The topological polar surface area (TPSA) is 46.5 Å². The van der Waals surface area contributed by atoms with Crippen molar-refractivity contribution in [2.45, 2.75) is 35.5 Å². The summed E-state index contributed by atoms with van der Waals surface area (Å²) in [6, 6.07) is 14.9. The van der Waals surface area contributed by atoms with Gasteiger partial charge in [0.2, 0.25) is 0 Å². The Balaban J connectivity index is 1.58. The van der Waals surface area contributed by atoms with Crippen LogP contribution in [0.2, 0.25) is 0 Å². The Labute approximate surface area is 152 Å². The van der Waals surface area contributed by atoms with Gasteiger partial charge >= 0.3 is 5.97 Å². The molecular formula is C19H22O3S2. The Kier molecular flexibility index (Phi) is 8.05. The van der Waals surface area contributed by atoms with Gasteiger partial charge in [-0.05, 0) is 42.9 Å². The molecule has 2 aromatic carbocycles. The second kappa shape index (κ2) is 10.3. The molecule has 0 heterocycles. The maximum absolute atomic E-state index is 11.1. The van der Waals surface area contributed by atoms with Gasteiger partial charge in [0.05, 0.1) is 12.2 Å². The first-order chi connectivity index (χ1) is 11.7. The number of hydrogen-bond donors (Lipinski definition) is 2. The van der Waals surface area contributed by atoms with Gasteiger partial charge in [0.25, 0.3) is 0 Å². The van der Waals surface area contributed by atoms with Gasteiger partial charge in [0, 0.05) is 9.79 Å². The van der Waals surface area contributed by atoms with E-state index < -0.39 is 5.97 Å². The van der Waals surface area contributed by atoms with Crippen molar-refractivity contribution in [2.24, 2.45) is 0 Å². The maximum Gasteiger partial charge on any atom is 0.336 e. The van der Waals surface area contributed by atoms with E-state index in [1.54, 1.807) is 23.9 Å². The molecule has 2 rings (SSSR count). The number of unbranched alkanes of at least 4 members (excludes halogenated alkanes) is 3. The highest BCUT2D eigenvalue weighted by Crippen LogP contribution is 2.24. The summed E-state index contributed by atoms with van der Waals surface area (Å²) < 4.78 is 5.71. The van der Waals surface area contributed by atoms with Crippen molar-refractivity contribution in [3.63, 3.8) is 0 Å². The fourth-order valence-electron chi connectivity index (χ4n) is 2.27. The van der Waals surface area contributed by atoms with Crippen molar-refractivity contribution in [1.82, 2.24) is 0 Å². The average molecular weight is 363 g/mol. The van der Waals surface area contributed by atoms with E-state index in [1.165, 1.54) is 0 Å². The van der Waals surface area contributed by atoms with Gasteiger partial charge in [0.15, 0.2) is 0 Å². The Morgan fingerprint density at radius 2 is 1.71 bits per heavy atom. The fourth-order valence-corrected chi connectivity index (χ4v) is 3.55. The van der Waals surface area contributed by atoms with Crippen molar-refractivity contribution in [3.05, 3.63) is 54.1 Å². The number of para-hydroxylation sites is 1. The van der Waals surface area contributed by atoms with E-state index in [4.69, 9.17) is 9.84 Å². The normalized spacial score (nSPS) is 10.5. The van der Waals surface area contributed by atoms with E-state index in [-0.39, 0.29) is 0 Å². The molecule has 3 nitrogen and oxygen atoms in total. The van der Waals surface area contributed by atoms with E-state index in [2.05, 4.69) is 12.6 Å². The number of hydrogen-bond acceptors (Lipinski definition) is 4. The highest BCUT2D eigenvalue weighted by Gasteiger charge is 2.08. The molecule has 0 spiro atoms. The average Bonchev–Trinajstić information content (AvgIpc) is 2.59. The number of carbonyl (C=O) groups is 1. The van der Waals surface area contributed by atoms with Gasteiger partial charge in [-0.3, -0.25) is 0 Å². The van der Waals surface area contributed by atoms with Gasteiger partial charge in [-0.2, -0.15) is 0 Å². The summed E-state index contributed by atoms with van der Waals surface area (Å²) in [6.07, 6.45) is 4.31. The molecule has 0 amide bonds. The van der Waals surface area contributed by atoms with Crippen molar-refractivity contribution >= 4 is 30.4 Å². The predicted molar refractivity (Wildman–Crippen MR) is 102 cm³/mol. The van der Waals surface area contributed by atoms with Gasteiger partial charge in [0.1, 0.15) is 5.75 Å². The molecule has 5 heteroatoms. The van der Waals surface area contributed by atoms with Gasteiger partial charge in [-0.25, -0.2) is 4.79 Å². The molecule has 0 unspecified atom stereocenters. The van der Waals surface area contributed by atoms with Crippen LogP contribution in [0.15, 0.2) is 58.3 Å². The highest BCUT2D eigenvalue weighted by atomic mass is 32.2. The van der Waals surface area contributed by atoms with Crippen LogP contribution < -0.4 is 4.74 Å². The zero-order valence-electron chi connectivity index (χ0n) is 13.5. The fraction of sp³-hybridized carbons (Fsp3) is 0.316. The minimum Gasteiger partial charge on any atom is -0.492 e. The molecule has 1 N–H and O–H groups in total. The molecule has 0 aliphatic heterocycles. The molecule has 0 saturated heterocycles. The van der Waals surface area contributed by atoms with Crippen molar-refractivity contribution in [1.29, 1.82) is 0 Å². The highest BCUT2D eigenvalue weighted by molar-refractivity contribution is 7.99. The number of carboxylic acid groups (broad SMARTS) is 1. The monoisotopic (exact) mass is 362 g/mol. The standard InChI is InChI=1S/C19H22O3S2/c20-19(21)15-9-3-6-12-18(15)24-14-8-2-1-7-13-22-16-10-4-5-11-17(16)23/h3-6,9-12,23H,1-2,7-8,13-14H2,(H,20,21). The first-order valence-corrected chi connectivity index (χ1v) is 9.47. The van der Waals surface area contributed by atoms with E-state index in [0.29, 0.717) is 12.2 Å². The molecule has 0 saturated carbocycles. The zero-order valence-corrected chi connectivity index (χ0v) is 15.2. The SMILES string of the molecule is O=C(O)c1ccccc1SCCCCCCOc1ccccc1S. The molecule has 24 heavy (non-hydrogen) atoms. The predicted octanol–water partition coefficient (Wildman–Crippen LogP) is 5.41. The van der Waals surface area contributed by atoms with Crippen LogP contribution in [0.4, 0.5) is 0 Å². The summed E-state index contributed by atoms with van der Waals surface area (Å²) in [4.78, 5) is 12.8. The summed E-state index contributed by atoms with van der Waals surface area (Å²) in [7, 11) is 0. The van der Waals surface area contributed by atoms with Crippen molar-refractivity contribution in [3.8, 4) is 5.75 Å². The Morgan fingerprint density at radius 1 is 1.00 bits per heavy atom. The van der Waals surface area contributed by atoms with E-state index >= 15 is 0 Å². The quantitative estimate of drug-likeness (QED) is 0.337. The molecular weight excluding hydrogens is 340 g/mol. The molecule has 128 valence electrons. The second-order valence-corrected chi connectivity index (χ2v) is 7.00. The van der Waals surface area contributed by atoms with Gasteiger partial charge in [-0.15, -0.1) is 24.4 Å². The third-order valence-corrected chi connectivity index (χ3v) is 5.07. The molecule has 0 fully saturated rings. The lowest BCUT2D eigenvalue weighted by Crippen LogP contribution is -1.99. The Bertz CT molecular complexity index is 659. The van der Waals surface area contributed by atoms with E-state index in [0.717, 1.165) is 47.0 Å². The third kappa shape index (κ3) is 6.13. The smallest absolute Gasteiger partial charge is 0.336 e. The van der Waals surface area contributed by atoms with Crippen molar-refractivity contribution < 1.29 is 14.6 Å². The number of benzene rings is 2. The number of rotatable bonds is 10. The second-order valence-electron chi connectivity index (χ2n) is 5.38. The third-order valence-electron chi connectivity index (χ3n) is 3.54. The minimum absolute atomic E-state index is 0.390. The molecule has 0 atom stereocenters. The molecule has 0 aromatic heterocycles. The maximum atomic E-state index is 11.1. The lowest BCUT2D eigenvalue weighted by atomic mass is 10.2. The summed E-state index contributed by atoms with van der Waals surface area (Å²) in [6.45, 7) is 0.701. The van der Waals surface area contributed by atoms with Crippen LogP contribution in [-0.2, 0) is 0 Å². The summed E-state index contributed by atoms with van der Waals surface area (Å²) in [5.41, 5.74) is 0.390. The lowest BCUT2D eigenvalue weighted by molar-refractivity contribution is 0.0693. The number of aromatic carboxylic acids is 1. The Hall–Kier alpha value is -1.59. The molecule has 0 bridgehead atoms. The van der Waals surface area contributed by atoms with Gasteiger partial charge in [-0.1, -0.05) is 37.1 Å². The van der Waals surface area contributed by atoms with Crippen LogP contribution in [-0.4, -0.2) is 23.4 Å². The molecule has 0 radical (unpaired) electrons. The minimum atomic E-state index is -0.861. The lowest BCUT2D eigenvalue weighted by Gasteiger charge is -2.08. The number of ether oxygens (including phenoxy) is 1. The Morgan fingerprint density at radius 3 is 2.50 bits per heavy atom.